The molecule has 2 heterocycles. The van der Waals surface area contributed by atoms with Gasteiger partial charge in [-0.05, 0) is 66.6 Å². The Morgan fingerprint density at radius 3 is 2.24 bits per heavy atom. The molecule has 6 rings (SSSR count). The Kier molecular flexibility index (Phi) is 6.27. The van der Waals surface area contributed by atoms with Gasteiger partial charge in [-0.1, -0.05) is 60.1 Å². The zero-order chi connectivity index (χ0) is 26.2. The first-order valence-corrected chi connectivity index (χ1v) is 13.4. The highest BCUT2D eigenvalue weighted by Crippen LogP contribution is 2.32. The van der Waals surface area contributed by atoms with Crippen LogP contribution in [0.15, 0.2) is 107 Å². The molecule has 1 aliphatic heterocycles. The topological polar surface area (TPSA) is 54.7 Å². The van der Waals surface area contributed by atoms with E-state index in [0.717, 1.165) is 32.9 Å². The summed E-state index contributed by atoms with van der Waals surface area (Å²) in [6.07, 6.45) is 0. The number of benzene rings is 4. The molecular weight excluding hydrogens is 514 g/mol. The summed E-state index contributed by atoms with van der Waals surface area (Å²) < 4.78 is 2.15. The standard InChI is InChI=1S/C31H22ClN3O2S/c1-20-6-4-8-24(16-20)33-31-34(18-21-12-14-23(32)15-13-21)28(19-38-31)22-7-5-9-25(17-22)35-29(36)26-10-2-3-11-27(26)30(35)37/h2-17,19H,18H2,1H3. The van der Waals surface area contributed by atoms with E-state index in [1.807, 2.05) is 67.6 Å². The number of thiazole rings is 1. The minimum absolute atomic E-state index is 0.308. The lowest BCUT2D eigenvalue weighted by Gasteiger charge is -2.16. The smallest absolute Gasteiger partial charge is 0.266 e. The molecule has 4 aromatic carbocycles. The Balaban J connectivity index is 1.45. The summed E-state index contributed by atoms with van der Waals surface area (Å²) in [5.74, 6) is -0.616. The van der Waals surface area contributed by atoms with Gasteiger partial charge in [0, 0.05) is 16.0 Å². The molecule has 38 heavy (non-hydrogen) atoms. The molecule has 186 valence electrons. The van der Waals surface area contributed by atoms with Gasteiger partial charge in [0.25, 0.3) is 11.8 Å². The Labute approximate surface area is 228 Å². The second-order valence-electron chi connectivity index (χ2n) is 9.11. The molecule has 0 unspecified atom stereocenters. The van der Waals surface area contributed by atoms with E-state index in [0.29, 0.717) is 28.4 Å². The number of imide groups is 1. The number of fused-ring (bicyclic) bond motifs is 1. The van der Waals surface area contributed by atoms with Gasteiger partial charge in [-0.2, -0.15) is 0 Å². The van der Waals surface area contributed by atoms with Crippen LogP contribution in [0, 0.1) is 6.92 Å². The summed E-state index contributed by atoms with van der Waals surface area (Å²) in [4.78, 5) is 33.2. The zero-order valence-electron chi connectivity index (χ0n) is 20.5. The van der Waals surface area contributed by atoms with Crippen molar-refractivity contribution in [1.82, 2.24) is 4.57 Å². The number of anilines is 1. The minimum Gasteiger partial charge on any atom is -0.312 e. The third-order valence-corrected chi connectivity index (χ3v) is 7.59. The second-order valence-corrected chi connectivity index (χ2v) is 10.4. The summed E-state index contributed by atoms with van der Waals surface area (Å²) in [6, 6.07) is 30.3. The first-order chi connectivity index (χ1) is 18.5. The Morgan fingerprint density at radius 1 is 0.816 bits per heavy atom. The van der Waals surface area contributed by atoms with Gasteiger partial charge in [0.15, 0.2) is 4.80 Å². The summed E-state index contributed by atoms with van der Waals surface area (Å²) in [5.41, 5.74) is 6.31. The number of halogens is 1. The quantitative estimate of drug-likeness (QED) is 0.222. The predicted octanol–water partition coefficient (Wildman–Crippen LogP) is 7.26. The van der Waals surface area contributed by atoms with Gasteiger partial charge in [0.2, 0.25) is 0 Å². The second kappa shape index (κ2) is 9.89. The van der Waals surface area contributed by atoms with Crippen LogP contribution in [0.5, 0.6) is 0 Å². The Bertz CT molecular complexity index is 1730. The number of aromatic nitrogens is 1. The summed E-state index contributed by atoms with van der Waals surface area (Å²) in [6.45, 7) is 2.63. The highest BCUT2D eigenvalue weighted by atomic mass is 35.5. The van der Waals surface area contributed by atoms with E-state index in [2.05, 4.69) is 16.0 Å². The van der Waals surface area contributed by atoms with E-state index < -0.39 is 0 Å². The highest BCUT2D eigenvalue weighted by molar-refractivity contribution is 7.07. The van der Waals surface area contributed by atoms with Crippen LogP contribution in [0.3, 0.4) is 0 Å². The van der Waals surface area contributed by atoms with E-state index in [1.54, 1.807) is 41.7 Å². The normalized spacial score (nSPS) is 13.3. The fourth-order valence-electron chi connectivity index (χ4n) is 4.61. The molecule has 0 saturated heterocycles. The van der Waals surface area contributed by atoms with Crippen molar-refractivity contribution in [2.24, 2.45) is 4.99 Å². The zero-order valence-corrected chi connectivity index (χ0v) is 22.0. The Morgan fingerprint density at radius 2 is 1.53 bits per heavy atom. The third-order valence-electron chi connectivity index (χ3n) is 6.47. The number of nitrogens with zero attached hydrogens (tertiary/aromatic N) is 3. The first-order valence-electron chi connectivity index (χ1n) is 12.1. The van der Waals surface area contributed by atoms with Crippen molar-refractivity contribution < 1.29 is 9.59 Å². The van der Waals surface area contributed by atoms with Crippen LogP contribution in [0.25, 0.3) is 11.3 Å². The van der Waals surface area contributed by atoms with Gasteiger partial charge >= 0.3 is 0 Å². The molecule has 0 saturated carbocycles. The van der Waals surface area contributed by atoms with Crippen LogP contribution in [-0.2, 0) is 6.54 Å². The largest absolute Gasteiger partial charge is 0.312 e. The molecule has 2 amide bonds. The van der Waals surface area contributed by atoms with Crippen LogP contribution in [0.2, 0.25) is 5.02 Å². The number of hydrogen-bond acceptors (Lipinski definition) is 4. The van der Waals surface area contributed by atoms with Gasteiger partial charge in [-0.15, -0.1) is 11.3 Å². The molecular formula is C31H22ClN3O2S. The van der Waals surface area contributed by atoms with Crippen molar-refractivity contribution in [2.75, 3.05) is 4.90 Å². The molecule has 0 radical (unpaired) electrons. The minimum atomic E-state index is -0.308. The van der Waals surface area contributed by atoms with Crippen molar-refractivity contribution in [3.8, 4) is 11.3 Å². The molecule has 5 nitrogen and oxygen atoms in total. The van der Waals surface area contributed by atoms with Crippen LogP contribution >= 0.6 is 22.9 Å². The number of carbonyl (C=O) groups is 2. The number of rotatable bonds is 5. The van der Waals surface area contributed by atoms with Crippen molar-refractivity contribution in [3.63, 3.8) is 0 Å². The molecule has 1 aromatic heterocycles. The summed E-state index contributed by atoms with van der Waals surface area (Å²) >= 11 is 7.67. The van der Waals surface area contributed by atoms with E-state index in [4.69, 9.17) is 16.6 Å². The fraction of sp³-hybridized carbons (Fsp3) is 0.0645. The van der Waals surface area contributed by atoms with Gasteiger partial charge in [0.1, 0.15) is 0 Å². The van der Waals surface area contributed by atoms with Gasteiger partial charge < -0.3 is 4.57 Å². The molecule has 7 heteroatoms. The van der Waals surface area contributed by atoms with Crippen LogP contribution in [0.1, 0.15) is 31.8 Å². The lowest BCUT2D eigenvalue weighted by molar-refractivity contribution is 0.0926. The lowest BCUT2D eigenvalue weighted by Crippen LogP contribution is -2.29. The fourth-order valence-corrected chi connectivity index (χ4v) is 5.67. The Hall–Kier alpha value is -4.26. The molecule has 1 aliphatic rings. The van der Waals surface area contributed by atoms with Crippen LogP contribution in [-0.4, -0.2) is 16.4 Å². The van der Waals surface area contributed by atoms with Gasteiger partial charge in [-0.25, -0.2) is 9.89 Å². The molecule has 0 bridgehead atoms. The predicted molar refractivity (Wildman–Crippen MR) is 152 cm³/mol. The summed E-state index contributed by atoms with van der Waals surface area (Å²) in [5, 5.41) is 2.74. The van der Waals surface area contributed by atoms with E-state index >= 15 is 0 Å². The molecule has 0 fully saturated rings. The molecule has 0 aliphatic carbocycles. The number of hydrogen-bond donors (Lipinski definition) is 0. The average molecular weight is 536 g/mol. The van der Waals surface area contributed by atoms with E-state index in [1.165, 1.54) is 4.90 Å². The highest BCUT2D eigenvalue weighted by Gasteiger charge is 2.36. The van der Waals surface area contributed by atoms with Crippen LogP contribution in [0.4, 0.5) is 11.4 Å². The van der Waals surface area contributed by atoms with Crippen molar-refractivity contribution in [2.45, 2.75) is 13.5 Å². The molecule has 0 atom stereocenters. The lowest BCUT2D eigenvalue weighted by atomic mass is 10.1. The number of carbonyl (C=O) groups excluding carboxylic acids is 2. The first kappa shape index (κ1) is 24.1. The molecule has 0 N–H and O–H groups in total. The number of amides is 2. The maximum absolute atomic E-state index is 13.1. The van der Waals surface area contributed by atoms with Gasteiger partial charge in [-0.3, -0.25) is 9.59 Å². The van der Waals surface area contributed by atoms with Crippen LogP contribution < -0.4 is 9.70 Å². The van der Waals surface area contributed by atoms with E-state index in [9.17, 15) is 9.59 Å². The third kappa shape index (κ3) is 4.49. The maximum atomic E-state index is 13.1. The average Bonchev–Trinajstić information content (AvgIpc) is 3.43. The maximum Gasteiger partial charge on any atom is 0.266 e. The van der Waals surface area contributed by atoms with E-state index in [-0.39, 0.29) is 11.8 Å². The van der Waals surface area contributed by atoms with Crippen molar-refractivity contribution >= 4 is 46.1 Å². The van der Waals surface area contributed by atoms with Crippen molar-refractivity contribution in [3.05, 3.63) is 135 Å². The SMILES string of the molecule is Cc1cccc(N=c2scc(-c3cccc(N4C(=O)c5ccccc5C4=O)c3)n2Cc2ccc(Cl)cc2)c1. The number of aryl methyl sites for hydroxylation is 1. The molecule has 5 aromatic rings. The van der Waals surface area contributed by atoms with Crippen molar-refractivity contribution in [1.29, 1.82) is 0 Å². The monoisotopic (exact) mass is 535 g/mol. The molecule has 0 spiro atoms. The van der Waals surface area contributed by atoms with Gasteiger partial charge in [0.05, 0.1) is 34.7 Å². The summed E-state index contributed by atoms with van der Waals surface area (Å²) in [7, 11) is 0.